The summed E-state index contributed by atoms with van der Waals surface area (Å²) in [6, 6.07) is 0.234. The molecule has 0 aromatic carbocycles. The minimum absolute atomic E-state index is 0.234. The molecule has 0 aliphatic carbocycles. The smallest absolute Gasteiger partial charge is 0.240 e. The fourth-order valence-electron chi connectivity index (χ4n) is 3.08. The normalized spacial score (nSPS) is 26.9. The van der Waals surface area contributed by atoms with E-state index in [9.17, 15) is 0 Å². The van der Waals surface area contributed by atoms with Crippen molar-refractivity contribution in [3.05, 3.63) is 11.7 Å². The molecule has 0 radical (unpaired) electrons. The number of nitrogens with one attached hydrogen (secondary N) is 1. The second-order valence-corrected chi connectivity index (χ2v) is 6.18. The third-order valence-electron chi connectivity index (χ3n) is 4.42. The van der Waals surface area contributed by atoms with Crippen molar-refractivity contribution in [1.29, 1.82) is 0 Å². The molecule has 2 fully saturated rings. The van der Waals surface area contributed by atoms with Gasteiger partial charge in [0.15, 0.2) is 5.82 Å². The summed E-state index contributed by atoms with van der Waals surface area (Å²) >= 11 is 0. The molecule has 21 heavy (non-hydrogen) atoms. The highest BCUT2D eigenvalue weighted by Gasteiger charge is 2.26. The van der Waals surface area contributed by atoms with Gasteiger partial charge in [0.25, 0.3) is 0 Å². The van der Waals surface area contributed by atoms with Gasteiger partial charge in [-0.05, 0) is 33.6 Å². The quantitative estimate of drug-likeness (QED) is 0.827. The van der Waals surface area contributed by atoms with Crippen molar-refractivity contribution in [3.8, 4) is 0 Å². The Balaban J connectivity index is 1.65. The van der Waals surface area contributed by atoms with Gasteiger partial charge in [-0.3, -0.25) is 9.80 Å². The van der Waals surface area contributed by atoms with Crippen LogP contribution in [-0.4, -0.2) is 84.7 Å². The van der Waals surface area contributed by atoms with E-state index in [-0.39, 0.29) is 6.04 Å². The van der Waals surface area contributed by atoms with Crippen LogP contribution in [0.25, 0.3) is 0 Å². The van der Waals surface area contributed by atoms with Gasteiger partial charge in [0.2, 0.25) is 5.89 Å². The number of nitrogens with zero attached hydrogens (tertiary/aromatic N) is 5. The molecular weight excluding hydrogens is 268 g/mol. The van der Waals surface area contributed by atoms with Gasteiger partial charge in [-0.25, -0.2) is 0 Å². The number of hydrogen-bond donors (Lipinski definition) is 1. The Morgan fingerprint density at radius 2 is 2.00 bits per heavy atom. The second kappa shape index (κ2) is 6.83. The topological polar surface area (TPSA) is 60.7 Å². The minimum atomic E-state index is 0.234. The predicted octanol–water partition coefficient (Wildman–Crippen LogP) is -0.217. The fourth-order valence-corrected chi connectivity index (χ4v) is 3.08. The second-order valence-electron chi connectivity index (χ2n) is 6.18. The molecule has 3 heterocycles. The van der Waals surface area contributed by atoms with E-state index < -0.39 is 0 Å². The van der Waals surface area contributed by atoms with Crippen LogP contribution in [0.2, 0.25) is 0 Å². The standard InChI is InChI=1S/C14H26N6O/c1-18-6-3-7-19(2)12(10-18)14-16-13(21-17-14)11-20-8-4-15-5-9-20/h12,15H,3-11H2,1-2H3. The summed E-state index contributed by atoms with van der Waals surface area (Å²) in [5.41, 5.74) is 0. The lowest BCUT2D eigenvalue weighted by molar-refractivity contribution is 0.200. The Kier molecular flexibility index (Phi) is 4.84. The molecule has 2 aliphatic heterocycles. The van der Waals surface area contributed by atoms with Crippen LogP contribution in [0.3, 0.4) is 0 Å². The molecule has 0 amide bonds. The summed E-state index contributed by atoms with van der Waals surface area (Å²) in [6.07, 6.45) is 1.19. The predicted molar refractivity (Wildman–Crippen MR) is 79.9 cm³/mol. The van der Waals surface area contributed by atoms with E-state index in [1.165, 1.54) is 6.42 Å². The molecule has 1 atom stereocenters. The number of likely N-dealkylation sites (N-methyl/N-ethyl adjacent to an activating group) is 2. The fraction of sp³-hybridized carbons (Fsp3) is 0.857. The first-order chi connectivity index (χ1) is 10.2. The van der Waals surface area contributed by atoms with Crippen molar-refractivity contribution in [2.75, 3.05) is 59.9 Å². The zero-order chi connectivity index (χ0) is 14.7. The summed E-state index contributed by atoms with van der Waals surface area (Å²) in [6.45, 7) is 8.11. The molecule has 1 unspecified atom stereocenters. The first kappa shape index (κ1) is 14.9. The maximum atomic E-state index is 5.48. The van der Waals surface area contributed by atoms with E-state index in [0.29, 0.717) is 0 Å². The number of piperazine rings is 1. The van der Waals surface area contributed by atoms with Crippen molar-refractivity contribution >= 4 is 0 Å². The van der Waals surface area contributed by atoms with E-state index in [1.54, 1.807) is 0 Å². The molecule has 1 aromatic rings. The van der Waals surface area contributed by atoms with E-state index in [1.807, 2.05) is 0 Å². The molecule has 2 saturated heterocycles. The van der Waals surface area contributed by atoms with Crippen LogP contribution in [0, 0.1) is 0 Å². The van der Waals surface area contributed by atoms with Crippen LogP contribution in [-0.2, 0) is 6.54 Å². The summed E-state index contributed by atoms with van der Waals surface area (Å²) in [4.78, 5) is 11.7. The van der Waals surface area contributed by atoms with Gasteiger partial charge in [0.1, 0.15) is 0 Å². The van der Waals surface area contributed by atoms with Crippen molar-refractivity contribution in [2.24, 2.45) is 0 Å². The summed E-state index contributed by atoms with van der Waals surface area (Å²) in [5, 5.41) is 7.59. The highest BCUT2D eigenvalue weighted by atomic mass is 16.5. The molecular formula is C14H26N6O. The molecule has 3 rings (SSSR count). The Labute approximate surface area is 126 Å². The Bertz CT molecular complexity index is 444. The highest BCUT2D eigenvalue weighted by molar-refractivity contribution is 4.97. The molecule has 0 bridgehead atoms. The van der Waals surface area contributed by atoms with Crippen LogP contribution in [0.1, 0.15) is 24.2 Å². The van der Waals surface area contributed by atoms with Gasteiger partial charge in [-0.1, -0.05) is 5.16 Å². The molecule has 2 aliphatic rings. The maximum absolute atomic E-state index is 5.48. The van der Waals surface area contributed by atoms with Crippen molar-refractivity contribution < 1.29 is 4.52 Å². The van der Waals surface area contributed by atoms with Gasteiger partial charge in [0, 0.05) is 32.7 Å². The van der Waals surface area contributed by atoms with Gasteiger partial charge in [-0.15, -0.1) is 0 Å². The van der Waals surface area contributed by atoms with Crippen LogP contribution in [0.5, 0.6) is 0 Å². The monoisotopic (exact) mass is 294 g/mol. The largest absolute Gasteiger partial charge is 0.338 e. The zero-order valence-corrected chi connectivity index (χ0v) is 13.1. The summed E-state index contributed by atoms with van der Waals surface area (Å²) in [5.74, 6) is 1.57. The van der Waals surface area contributed by atoms with Crippen LogP contribution >= 0.6 is 0 Å². The number of aromatic nitrogens is 2. The van der Waals surface area contributed by atoms with Crippen molar-refractivity contribution in [2.45, 2.75) is 19.0 Å². The van der Waals surface area contributed by atoms with Crippen LogP contribution in [0.4, 0.5) is 0 Å². The minimum Gasteiger partial charge on any atom is -0.338 e. The lowest BCUT2D eigenvalue weighted by Gasteiger charge is -2.25. The average molecular weight is 294 g/mol. The van der Waals surface area contributed by atoms with Gasteiger partial charge >= 0.3 is 0 Å². The summed E-state index contributed by atoms with van der Waals surface area (Å²) in [7, 11) is 4.31. The van der Waals surface area contributed by atoms with E-state index in [4.69, 9.17) is 4.52 Å². The molecule has 7 nitrogen and oxygen atoms in total. The van der Waals surface area contributed by atoms with Crippen LogP contribution < -0.4 is 5.32 Å². The zero-order valence-electron chi connectivity index (χ0n) is 13.1. The molecule has 1 aromatic heterocycles. The average Bonchev–Trinajstić information content (AvgIpc) is 2.86. The maximum Gasteiger partial charge on any atom is 0.240 e. The van der Waals surface area contributed by atoms with E-state index in [0.717, 1.165) is 64.1 Å². The first-order valence-corrected chi connectivity index (χ1v) is 7.87. The Hall–Kier alpha value is -1.02. The number of hydrogen-bond acceptors (Lipinski definition) is 7. The third-order valence-corrected chi connectivity index (χ3v) is 4.42. The van der Waals surface area contributed by atoms with Gasteiger partial charge < -0.3 is 14.7 Å². The molecule has 0 spiro atoms. The van der Waals surface area contributed by atoms with Gasteiger partial charge in [-0.2, -0.15) is 4.98 Å². The highest BCUT2D eigenvalue weighted by Crippen LogP contribution is 2.21. The SMILES string of the molecule is CN1CCCN(C)C(c2noc(CN3CCNCC3)n2)C1. The molecule has 7 heteroatoms. The number of rotatable bonds is 3. The molecule has 0 saturated carbocycles. The van der Waals surface area contributed by atoms with Crippen LogP contribution in [0.15, 0.2) is 4.52 Å². The summed E-state index contributed by atoms with van der Waals surface area (Å²) < 4.78 is 5.48. The van der Waals surface area contributed by atoms with Crippen molar-refractivity contribution in [1.82, 2.24) is 30.2 Å². The van der Waals surface area contributed by atoms with E-state index >= 15 is 0 Å². The third kappa shape index (κ3) is 3.79. The first-order valence-electron chi connectivity index (χ1n) is 7.87. The molecule has 118 valence electrons. The lowest BCUT2D eigenvalue weighted by Crippen LogP contribution is -2.42. The Morgan fingerprint density at radius 1 is 1.19 bits per heavy atom. The van der Waals surface area contributed by atoms with Gasteiger partial charge in [0.05, 0.1) is 12.6 Å². The lowest BCUT2D eigenvalue weighted by atomic mass is 10.2. The Morgan fingerprint density at radius 3 is 2.81 bits per heavy atom. The molecule has 1 N–H and O–H groups in total. The van der Waals surface area contributed by atoms with Crippen molar-refractivity contribution in [3.63, 3.8) is 0 Å². The van der Waals surface area contributed by atoms with E-state index in [2.05, 4.69) is 44.3 Å².